The van der Waals surface area contributed by atoms with E-state index in [9.17, 15) is 33.6 Å². The molecule has 2 fully saturated rings. The lowest BCUT2D eigenvalue weighted by Crippen LogP contribution is -2.54. The number of carbonyl (C=O) groups excluding carboxylic acids is 7. The number of nitrogens with zero attached hydrogens (tertiary/aromatic N) is 4. The van der Waals surface area contributed by atoms with Crippen LogP contribution >= 0.6 is 0 Å². The highest BCUT2D eigenvalue weighted by Crippen LogP contribution is 2.41. The Morgan fingerprint density at radius 2 is 1.63 bits per heavy atom. The van der Waals surface area contributed by atoms with Crippen molar-refractivity contribution in [1.29, 1.82) is 0 Å². The van der Waals surface area contributed by atoms with Crippen LogP contribution in [0.25, 0.3) is 11.1 Å². The van der Waals surface area contributed by atoms with Crippen molar-refractivity contribution in [3.8, 4) is 16.9 Å². The maximum atomic E-state index is 14.2. The second kappa shape index (κ2) is 26.1. The van der Waals surface area contributed by atoms with Gasteiger partial charge in [0, 0.05) is 70.7 Å². The number of carbonyl (C=O) groups is 7. The number of aryl methyl sites for hydroxylation is 3. The van der Waals surface area contributed by atoms with E-state index in [1.54, 1.807) is 65.5 Å². The van der Waals surface area contributed by atoms with Gasteiger partial charge >= 0.3 is 18.0 Å². The van der Waals surface area contributed by atoms with E-state index in [1.807, 2.05) is 37.4 Å². The van der Waals surface area contributed by atoms with E-state index < -0.39 is 42.5 Å². The molecule has 19 heteroatoms. The molecular weight excluding hydrogens is 977 g/mol. The third-order valence-electron chi connectivity index (χ3n) is 13.2. The Kier molecular flexibility index (Phi) is 19.2. The molecule has 0 bridgehead atoms. The molecule has 4 aromatic rings. The monoisotopic (exact) mass is 1040 g/mol. The number of ketones is 1. The number of hydrogen-bond donors (Lipinski definition) is 2. The third kappa shape index (κ3) is 14.1. The first-order valence-corrected chi connectivity index (χ1v) is 25.6. The molecule has 3 aliphatic rings. The number of hydrogen-bond acceptors (Lipinski definition) is 13. The largest absolute Gasteiger partial charge is 0.493 e. The van der Waals surface area contributed by atoms with Crippen LogP contribution in [0.15, 0.2) is 98.4 Å². The highest BCUT2D eigenvalue weighted by atomic mass is 16.7. The molecule has 2 unspecified atom stereocenters. The van der Waals surface area contributed by atoms with Crippen molar-refractivity contribution < 1.29 is 62.0 Å². The Hall–Kier alpha value is -7.77. The summed E-state index contributed by atoms with van der Waals surface area (Å²) < 4.78 is 37.9. The summed E-state index contributed by atoms with van der Waals surface area (Å²) in [4.78, 5) is 94.9. The third-order valence-corrected chi connectivity index (χ3v) is 13.2. The van der Waals surface area contributed by atoms with Crippen LogP contribution in [-0.2, 0) is 58.6 Å². The number of aromatic nitrogens is 2. The number of Topliss-reactive ketones (excluding diaryl/α,β-unsaturated/α-hetero) is 1. The summed E-state index contributed by atoms with van der Waals surface area (Å²) in [5.74, 6) is -2.25. The Bertz CT molecular complexity index is 2820. The Labute approximate surface area is 442 Å². The lowest BCUT2D eigenvalue weighted by Gasteiger charge is -2.38. The molecule has 76 heavy (non-hydrogen) atoms. The van der Waals surface area contributed by atoms with Gasteiger partial charge in [-0.05, 0) is 80.3 Å². The quantitative estimate of drug-likeness (QED) is 0.0226. The molecule has 3 aliphatic heterocycles. The van der Waals surface area contributed by atoms with Crippen LogP contribution in [0.3, 0.4) is 0 Å². The van der Waals surface area contributed by atoms with Crippen LogP contribution in [-0.4, -0.2) is 120 Å². The summed E-state index contributed by atoms with van der Waals surface area (Å²) in [6, 6.07) is 13.7. The Morgan fingerprint density at radius 1 is 0.882 bits per heavy atom. The lowest BCUT2D eigenvalue weighted by molar-refractivity contribution is -0.195. The Morgan fingerprint density at radius 3 is 2.37 bits per heavy atom. The van der Waals surface area contributed by atoms with Gasteiger partial charge in [-0.3, -0.25) is 28.8 Å². The number of esters is 2. The number of benzene rings is 2. The lowest BCUT2D eigenvalue weighted by atomic mass is 10.0. The van der Waals surface area contributed by atoms with Gasteiger partial charge in [-0.1, -0.05) is 68.7 Å². The predicted octanol–water partition coefficient (Wildman–Crippen LogP) is 7.76. The molecule has 0 radical (unpaired) electrons. The minimum absolute atomic E-state index is 0.0570. The highest BCUT2D eigenvalue weighted by molar-refractivity contribution is 6.06. The van der Waals surface area contributed by atoms with Gasteiger partial charge in [0.05, 0.1) is 54.2 Å². The number of ether oxygens (including phenoxy) is 6. The van der Waals surface area contributed by atoms with E-state index >= 15 is 0 Å². The van der Waals surface area contributed by atoms with Gasteiger partial charge in [0.1, 0.15) is 24.7 Å². The number of amides is 4. The fourth-order valence-electron chi connectivity index (χ4n) is 9.31. The summed E-state index contributed by atoms with van der Waals surface area (Å²) in [5.41, 5.74) is 5.83. The van der Waals surface area contributed by atoms with Gasteiger partial charge < -0.3 is 53.1 Å². The summed E-state index contributed by atoms with van der Waals surface area (Å²) >= 11 is 0. The fourth-order valence-corrected chi connectivity index (χ4v) is 9.31. The van der Waals surface area contributed by atoms with Gasteiger partial charge in [-0.2, -0.15) is 0 Å². The van der Waals surface area contributed by atoms with Crippen molar-refractivity contribution in [3.63, 3.8) is 0 Å². The number of rotatable bonds is 24. The van der Waals surface area contributed by atoms with Gasteiger partial charge in [0.15, 0.2) is 18.3 Å². The zero-order valence-corrected chi connectivity index (χ0v) is 43.8. The van der Waals surface area contributed by atoms with Crippen LogP contribution in [0, 0.1) is 12.8 Å². The smallest absolute Gasteiger partial charge is 0.416 e. The van der Waals surface area contributed by atoms with Crippen molar-refractivity contribution in [2.75, 3.05) is 56.3 Å². The second-order valence-corrected chi connectivity index (χ2v) is 19.2. The number of fused-ring (bicyclic) bond motifs is 2. The van der Waals surface area contributed by atoms with Crippen molar-refractivity contribution in [2.24, 2.45) is 20.0 Å². The topological polar surface area (TPSA) is 215 Å². The maximum absolute atomic E-state index is 14.2. The molecule has 5 heterocycles. The minimum atomic E-state index is -0.943. The summed E-state index contributed by atoms with van der Waals surface area (Å²) in [5, 5.41) is 5.73. The number of anilines is 2. The van der Waals surface area contributed by atoms with Crippen LogP contribution < -0.4 is 20.3 Å². The average molecular weight is 1050 g/mol. The van der Waals surface area contributed by atoms with Crippen molar-refractivity contribution in [1.82, 2.24) is 19.4 Å². The summed E-state index contributed by atoms with van der Waals surface area (Å²) in [6.07, 6.45) is 7.91. The SMILES string of the molecule is C=CCOC(=O)C[C@@H](C)C(=O)OCCCNC(=O)c1cc(-c2ccc(CC(=O)c3cc(NC(=O)CCCOc4cc5c(cc4C)C(=O)N4CC(=C)C[C@H]4C(OC4CCCCO4)N5C(=O)OCC=C)cn3C)cc2)cn1C. The van der Waals surface area contributed by atoms with Crippen molar-refractivity contribution in [2.45, 2.75) is 90.2 Å². The average Bonchev–Trinajstić information content (AvgIpc) is 4.13. The minimum Gasteiger partial charge on any atom is -0.493 e. The first-order chi connectivity index (χ1) is 36.5. The fraction of sp³-hybridized carbons (Fsp3) is 0.421. The van der Waals surface area contributed by atoms with E-state index in [0.717, 1.165) is 35.1 Å². The Balaban J connectivity index is 0.891. The van der Waals surface area contributed by atoms with Crippen molar-refractivity contribution in [3.05, 3.63) is 126 Å². The van der Waals surface area contributed by atoms with E-state index in [4.69, 9.17) is 28.4 Å². The van der Waals surface area contributed by atoms with E-state index in [-0.39, 0.29) is 81.4 Å². The second-order valence-electron chi connectivity index (χ2n) is 19.2. The van der Waals surface area contributed by atoms with Crippen LogP contribution in [0.5, 0.6) is 5.75 Å². The van der Waals surface area contributed by atoms with Crippen LogP contribution in [0.2, 0.25) is 0 Å². The molecule has 4 amide bonds. The molecule has 0 aliphatic carbocycles. The predicted molar refractivity (Wildman–Crippen MR) is 283 cm³/mol. The molecule has 0 saturated carbocycles. The molecule has 19 nitrogen and oxygen atoms in total. The highest BCUT2D eigenvalue weighted by Gasteiger charge is 2.48. The zero-order valence-electron chi connectivity index (χ0n) is 43.8. The molecule has 2 N–H and O–H groups in total. The molecule has 2 saturated heterocycles. The first-order valence-electron chi connectivity index (χ1n) is 25.6. The molecule has 4 atom stereocenters. The van der Waals surface area contributed by atoms with Crippen LogP contribution in [0.1, 0.15) is 101 Å². The van der Waals surface area contributed by atoms with E-state index in [0.29, 0.717) is 72.8 Å². The molecule has 404 valence electrons. The normalized spacial score (nSPS) is 17.4. The first kappa shape index (κ1) is 56.0. The zero-order chi connectivity index (χ0) is 54.5. The van der Waals surface area contributed by atoms with Gasteiger partial charge in [0.2, 0.25) is 5.91 Å². The van der Waals surface area contributed by atoms with E-state index in [2.05, 4.69) is 30.4 Å². The summed E-state index contributed by atoms with van der Waals surface area (Å²) in [6.45, 7) is 16.1. The summed E-state index contributed by atoms with van der Waals surface area (Å²) in [7, 11) is 3.51. The van der Waals surface area contributed by atoms with Gasteiger partial charge in [-0.25, -0.2) is 9.69 Å². The maximum Gasteiger partial charge on any atom is 0.416 e. The van der Waals surface area contributed by atoms with Gasteiger partial charge in [-0.15, -0.1) is 0 Å². The molecule has 2 aromatic heterocycles. The van der Waals surface area contributed by atoms with Gasteiger partial charge in [0.25, 0.3) is 11.8 Å². The molecule has 0 spiro atoms. The standard InChI is InChI=1S/C57H68N6O13/c1-8-21-72-51(66)28-38(5)56(69)74-25-13-20-58-53(67)46-30-41(34-60(46)6)40-18-16-39(17-19-40)29-48(64)45-31-42(35-61(45)7)59-50(65)14-12-24-71-49-32-44-43(27-37(49)4)54(68)62-33-36(3)26-47(62)55(63(44)57(70)75-22-9-2)76-52-15-10-11-23-73-52/h8-9,16-19,27,30-32,34-35,38,47,52,55H,1-3,10-15,20-26,28-29,33H2,4-7H3,(H,58,67)(H,59,65)/t38-,47+,52?,55?/m1/s1. The number of nitrogens with one attached hydrogen (secondary N) is 2. The molecular formula is C57H68N6O13. The van der Waals surface area contributed by atoms with Crippen LogP contribution in [0.4, 0.5) is 16.2 Å². The molecule has 2 aromatic carbocycles. The van der Waals surface area contributed by atoms with E-state index in [1.165, 1.54) is 17.1 Å². The molecule has 7 rings (SSSR count). The van der Waals surface area contributed by atoms with Crippen molar-refractivity contribution >= 4 is 52.9 Å².